The molecule has 0 aromatic heterocycles. The summed E-state index contributed by atoms with van der Waals surface area (Å²) in [5.41, 5.74) is 0.436. The molecule has 0 bridgehead atoms. The molecule has 0 saturated heterocycles. The van der Waals surface area contributed by atoms with Gasteiger partial charge in [0.2, 0.25) is 0 Å². The lowest BCUT2D eigenvalue weighted by atomic mass is 9.77. The van der Waals surface area contributed by atoms with Crippen LogP contribution in [-0.4, -0.2) is 5.78 Å². The van der Waals surface area contributed by atoms with Crippen molar-refractivity contribution in [1.29, 1.82) is 0 Å². The number of carbonyl (C=O) groups excluding carboxylic acids is 1. The maximum atomic E-state index is 11.8. The van der Waals surface area contributed by atoms with Gasteiger partial charge in [0, 0.05) is 12.8 Å². The van der Waals surface area contributed by atoms with E-state index in [2.05, 4.69) is 20.8 Å². The highest BCUT2D eigenvalue weighted by Gasteiger charge is 2.24. The van der Waals surface area contributed by atoms with Crippen molar-refractivity contribution in [3.8, 4) is 0 Å². The number of hydrogen-bond donors (Lipinski definition) is 0. The number of carbonyl (C=O) groups is 1. The zero-order chi connectivity index (χ0) is 12.0. The second-order valence-electron chi connectivity index (χ2n) is 6.30. The van der Waals surface area contributed by atoms with Crippen LogP contribution in [0.2, 0.25) is 0 Å². The predicted molar refractivity (Wildman–Crippen MR) is 69.5 cm³/mol. The predicted octanol–water partition coefficient (Wildman–Crippen LogP) is 4.74. The van der Waals surface area contributed by atoms with Crippen molar-refractivity contribution in [1.82, 2.24) is 0 Å². The molecule has 0 heterocycles. The van der Waals surface area contributed by atoms with Crippen LogP contribution in [-0.2, 0) is 4.79 Å². The van der Waals surface area contributed by atoms with Gasteiger partial charge < -0.3 is 0 Å². The van der Waals surface area contributed by atoms with E-state index < -0.39 is 0 Å². The lowest BCUT2D eigenvalue weighted by Crippen LogP contribution is -2.18. The van der Waals surface area contributed by atoms with Gasteiger partial charge in [-0.1, -0.05) is 46.5 Å². The van der Waals surface area contributed by atoms with Crippen molar-refractivity contribution in [3.05, 3.63) is 0 Å². The molecule has 1 heteroatoms. The molecular formula is C15H28O. The van der Waals surface area contributed by atoms with Gasteiger partial charge in [-0.2, -0.15) is 0 Å². The Kier molecular flexibility index (Phi) is 5.51. The van der Waals surface area contributed by atoms with Crippen molar-refractivity contribution in [2.45, 2.75) is 78.6 Å². The molecule has 0 amide bonds. The van der Waals surface area contributed by atoms with Gasteiger partial charge in [-0.05, 0) is 30.6 Å². The highest BCUT2D eigenvalue weighted by Crippen LogP contribution is 2.35. The summed E-state index contributed by atoms with van der Waals surface area (Å²) >= 11 is 0. The van der Waals surface area contributed by atoms with Crippen LogP contribution in [0.3, 0.4) is 0 Å². The van der Waals surface area contributed by atoms with Gasteiger partial charge in [0.25, 0.3) is 0 Å². The van der Waals surface area contributed by atoms with Crippen LogP contribution in [0.5, 0.6) is 0 Å². The molecule has 1 fully saturated rings. The average Bonchev–Trinajstić information content (AvgIpc) is 2.23. The summed E-state index contributed by atoms with van der Waals surface area (Å²) in [5.74, 6) is 1.13. The fraction of sp³-hybridized carbons (Fsp3) is 0.933. The molecule has 1 unspecified atom stereocenters. The largest absolute Gasteiger partial charge is 0.300 e. The number of Topliss-reactive ketones (excluding diaryl/α,β-unsaturated/α-hetero) is 1. The minimum Gasteiger partial charge on any atom is -0.300 e. The summed E-state index contributed by atoms with van der Waals surface area (Å²) in [5, 5.41) is 0. The van der Waals surface area contributed by atoms with Crippen LogP contribution in [0, 0.1) is 11.3 Å². The molecule has 0 spiro atoms. The molecule has 94 valence electrons. The van der Waals surface area contributed by atoms with Gasteiger partial charge in [-0.15, -0.1) is 0 Å². The Morgan fingerprint density at radius 2 is 1.88 bits per heavy atom. The molecule has 1 aliphatic rings. The highest BCUT2D eigenvalue weighted by molar-refractivity contribution is 5.78. The maximum absolute atomic E-state index is 11.8. The molecule has 0 aromatic carbocycles. The van der Waals surface area contributed by atoms with Crippen LogP contribution >= 0.6 is 0 Å². The molecule has 1 saturated carbocycles. The van der Waals surface area contributed by atoms with Crippen LogP contribution < -0.4 is 0 Å². The molecule has 0 radical (unpaired) electrons. The second kappa shape index (κ2) is 6.42. The van der Waals surface area contributed by atoms with E-state index in [0.29, 0.717) is 17.1 Å². The second-order valence-corrected chi connectivity index (χ2v) is 6.30. The molecule has 1 atom stereocenters. The first kappa shape index (κ1) is 13.7. The SMILES string of the molecule is CCC1CC(=O)CCCCCCC(C)(C)C1. The Hall–Kier alpha value is -0.330. The standard InChI is InChI=1S/C15H28O/c1-4-13-11-14(16)9-7-5-6-8-10-15(2,3)12-13/h13H,4-12H2,1-3H3. The summed E-state index contributed by atoms with van der Waals surface area (Å²) in [6.45, 7) is 6.98. The van der Waals surface area contributed by atoms with Gasteiger partial charge >= 0.3 is 0 Å². The number of rotatable bonds is 1. The summed E-state index contributed by atoms with van der Waals surface area (Å²) in [4.78, 5) is 11.8. The van der Waals surface area contributed by atoms with Crippen molar-refractivity contribution in [2.75, 3.05) is 0 Å². The van der Waals surface area contributed by atoms with Crippen molar-refractivity contribution < 1.29 is 4.79 Å². The van der Waals surface area contributed by atoms with E-state index in [-0.39, 0.29) is 0 Å². The first-order valence-electron chi connectivity index (χ1n) is 7.05. The zero-order valence-corrected chi connectivity index (χ0v) is 11.3. The van der Waals surface area contributed by atoms with E-state index in [0.717, 1.165) is 25.7 Å². The third-order valence-corrected chi connectivity index (χ3v) is 3.99. The fourth-order valence-corrected chi connectivity index (χ4v) is 2.95. The van der Waals surface area contributed by atoms with Crippen molar-refractivity contribution in [3.63, 3.8) is 0 Å². The van der Waals surface area contributed by atoms with E-state index in [1.165, 1.54) is 32.1 Å². The Labute approximate surface area is 101 Å². The van der Waals surface area contributed by atoms with Gasteiger partial charge in [0.1, 0.15) is 5.78 Å². The molecule has 1 nitrogen and oxygen atoms in total. The minimum absolute atomic E-state index is 0.436. The summed E-state index contributed by atoms with van der Waals surface area (Å²) in [6.07, 6.45) is 10.4. The van der Waals surface area contributed by atoms with E-state index in [1.807, 2.05) is 0 Å². The monoisotopic (exact) mass is 224 g/mol. The highest BCUT2D eigenvalue weighted by atomic mass is 16.1. The molecule has 1 aliphatic carbocycles. The average molecular weight is 224 g/mol. The Bertz CT molecular complexity index is 217. The van der Waals surface area contributed by atoms with E-state index in [4.69, 9.17) is 0 Å². The van der Waals surface area contributed by atoms with Crippen molar-refractivity contribution >= 4 is 5.78 Å². The fourth-order valence-electron chi connectivity index (χ4n) is 2.95. The third kappa shape index (κ3) is 5.14. The van der Waals surface area contributed by atoms with Gasteiger partial charge in [-0.25, -0.2) is 0 Å². The van der Waals surface area contributed by atoms with Crippen LogP contribution in [0.1, 0.15) is 78.6 Å². The lowest BCUT2D eigenvalue weighted by molar-refractivity contribution is -0.120. The molecule has 0 aliphatic heterocycles. The van der Waals surface area contributed by atoms with E-state index >= 15 is 0 Å². The molecule has 0 aromatic rings. The Balaban J connectivity index is 2.59. The topological polar surface area (TPSA) is 17.1 Å². The number of ketones is 1. The zero-order valence-electron chi connectivity index (χ0n) is 11.3. The van der Waals surface area contributed by atoms with Crippen LogP contribution in [0.25, 0.3) is 0 Å². The summed E-state index contributed by atoms with van der Waals surface area (Å²) in [7, 11) is 0. The van der Waals surface area contributed by atoms with E-state index in [9.17, 15) is 4.79 Å². The van der Waals surface area contributed by atoms with Gasteiger partial charge in [0.05, 0.1) is 0 Å². The van der Waals surface area contributed by atoms with E-state index in [1.54, 1.807) is 0 Å². The quantitative estimate of drug-likeness (QED) is 0.628. The third-order valence-electron chi connectivity index (χ3n) is 3.99. The Morgan fingerprint density at radius 1 is 1.19 bits per heavy atom. The summed E-state index contributed by atoms with van der Waals surface area (Å²) in [6, 6.07) is 0. The Morgan fingerprint density at radius 3 is 2.56 bits per heavy atom. The van der Waals surface area contributed by atoms with Crippen LogP contribution in [0.4, 0.5) is 0 Å². The molecule has 16 heavy (non-hydrogen) atoms. The molecule has 0 N–H and O–H groups in total. The van der Waals surface area contributed by atoms with Gasteiger partial charge in [0.15, 0.2) is 0 Å². The van der Waals surface area contributed by atoms with Crippen molar-refractivity contribution in [2.24, 2.45) is 11.3 Å². The normalized spacial score (nSPS) is 28.4. The summed E-state index contributed by atoms with van der Waals surface area (Å²) < 4.78 is 0. The molecular weight excluding hydrogens is 196 g/mol. The molecule has 1 rings (SSSR count). The van der Waals surface area contributed by atoms with Crippen LogP contribution in [0.15, 0.2) is 0 Å². The van der Waals surface area contributed by atoms with Gasteiger partial charge in [-0.3, -0.25) is 4.79 Å². The number of hydrogen-bond acceptors (Lipinski definition) is 1. The first-order chi connectivity index (χ1) is 7.53. The smallest absolute Gasteiger partial charge is 0.133 e. The maximum Gasteiger partial charge on any atom is 0.133 e. The minimum atomic E-state index is 0.436. The lowest BCUT2D eigenvalue weighted by Gasteiger charge is -2.29. The first-order valence-corrected chi connectivity index (χ1v) is 7.05.